The van der Waals surface area contributed by atoms with Crippen LogP contribution in [0.25, 0.3) is 5.65 Å². The van der Waals surface area contributed by atoms with E-state index in [0.29, 0.717) is 29.7 Å². The first-order valence-electron chi connectivity index (χ1n) is 11.4. The van der Waals surface area contributed by atoms with Crippen LogP contribution in [0, 0.1) is 5.92 Å². The van der Waals surface area contributed by atoms with Crippen molar-refractivity contribution in [2.75, 3.05) is 33.8 Å². The van der Waals surface area contributed by atoms with Crippen molar-refractivity contribution >= 4 is 11.6 Å². The number of hydrogen-bond acceptors (Lipinski definition) is 5. The number of carbonyl (C=O) groups excluding carboxylic acids is 1. The average Bonchev–Trinajstić information content (AvgIpc) is 3.23. The quantitative estimate of drug-likeness (QED) is 0.564. The molecule has 1 aromatic carbocycles. The molecule has 7 heteroatoms. The van der Waals surface area contributed by atoms with Gasteiger partial charge in [0, 0.05) is 37.9 Å². The molecule has 0 aliphatic carbocycles. The summed E-state index contributed by atoms with van der Waals surface area (Å²) in [7, 11) is 3.52. The van der Waals surface area contributed by atoms with Crippen LogP contribution in [0.5, 0.6) is 5.75 Å². The second kappa shape index (κ2) is 9.69. The fourth-order valence-corrected chi connectivity index (χ4v) is 4.59. The van der Waals surface area contributed by atoms with Crippen LogP contribution in [-0.4, -0.2) is 63.9 Å². The van der Waals surface area contributed by atoms with Crippen molar-refractivity contribution in [2.45, 2.75) is 39.2 Å². The van der Waals surface area contributed by atoms with E-state index >= 15 is 0 Å². The van der Waals surface area contributed by atoms with E-state index in [9.17, 15) is 4.79 Å². The summed E-state index contributed by atoms with van der Waals surface area (Å²) in [6, 6.07) is 10.4. The number of imidazole rings is 1. The molecular weight excluding hydrogens is 402 g/mol. The van der Waals surface area contributed by atoms with Crippen LogP contribution in [0.2, 0.25) is 0 Å². The molecule has 3 heterocycles. The third-order valence-electron chi connectivity index (χ3n) is 6.22. The van der Waals surface area contributed by atoms with Crippen LogP contribution in [0.3, 0.4) is 0 Å². The monoisotopic (exact) mass is 435 g/mol. The number of hydrogen-bond donors (Lipinski definition) is 0. The van der Waals surface area contributed by atoms with Gasteiger partial charge in [-0.25, -0.2) is 9.97 Å². The zero-order valence-electron chi connectivity index (χ0n) is 19.5. The maximum absolute atomic E-state index is 12.9. The van der Waals surface area contributed by atoms with Gasteiger partial charge in [-0.05, 0) is 55.6 Å². The minimum Gasteiger partial charge on any atom is -0.497 e. The molecule has 0 N–H and O–H groups in total. The van der Waals surface area contributed by atoms with E-state index in [1.54, 1.807) is 18.3 Å². The van der Waals surface area contributed by atoms with E-state index < -0.39 is 0 Å². The van der Waals surface area contributed by atoms with E-state index in [-0.39, 0.29) is 5.91 Å². The minimum atomic E-state index is -0.0693. The second-order valence-electron chi connectivity index (χ2n) is 9.13. The predicted octanol–water partition coefficient (Wildman–Crippen LogP) is 3.85. The Kier molecular flexibility index (Phi) is 6.74. The van der Waals surface area contributed by atoms with Crippen LogP contribution in [0.15, 0.2) is 42.9 Å². The number of methoxy groups -OCH3 is 1. The molecule has 0 spiro atoms. The molecule has 7 nitrogen and oxygen atoms in total. The highest BCUT2D eigenvalue weighted by molar-refractivity contribution is 5.97. The Bertz CT molecular complexity index is 1050. The highest BCUT2D eigenvalue weighted by atomic mass is 16.5. The second-order valence-corrected chi connectivity index (χ2v) is 9.13. The summed E-state index contributed by atoms with van der Waals surface area (Å²) in [6.45, 7) is 7.94. The standard InChI is InChI=1S/C25H33N5O2/c1-18(2)15-28(3)25(31)23-24-26-12-9-22(30(24)17-27-23)20-10-13-29(14-11-20)16-19-5-7-21(32-4)8-6-19/h5-9,12,17-18,20H,10-11,13-16H2,1-4H3. The first kappa shape index (κ1) is 22.3. The first-order valence-corrected chi connectivity index (χ1v) is 11.4. The number of piperidine rings is 1. The summed E-state index contributed by atoms with van der Waals surface area (Å²) in [5, 5.41) is 0. The fourth-order valence-electron chi connectivity index (χ4n) is 4.59. The molecule has 0 unspecified atom stereocenters. The fraction of sp³-hybridized carbons (Fsp3) is 0.480. The molecule has 1 aliphatic rings. The minimum absolute atomic E-state index is 0.0693. The van der Waals surface area contributed by atoms with Gasteiger partial charge in [-0.2, -0.15) is 0 Å². The van der Waals surface area contributed by atoms with Gasteiger partial charge in [-0.1, -0.05) is 26.0 Å². The van der Waals surface area contributed by atoms with Crippen LogP contribution in [0.1, 0.15) is 54.4 Å². The maximum Gasteiger partial charge on any atom is 0.276 e. The number of aromatic nitrogens is 3. The summed E-state index contributed by atoms with van der Waals surface area (Å²) in [5.74, 6) is 1.66. The first-order chi connectivity index (χ1) is 15.5. The van der Waals surface area contributed by atoms with Crippen molar-refractivity contribution in [2.24, 2.45) is 5.92 Å². The van der Waals surface area contributed by atoms with Gasteiger partial charge in [0.2, 0.25) is 0 Å². The van der Waals surface area contributed by atoms with Gasteiger partial charge in [0.05, 0.1) is 7.11 Å². The van der Waals surface area contributed by atoms with Crippen molar-refractivity contribution in [1.82, 2.24) is 24.2 Å². The molecule has 1 fully saturated rings. The van der Waals surface area contributed by atoms with Gasteiger partial charge in [0.1, 0.15) is 12.1 Å². The summed E-state index contributed by atoms with van der Waals surface area (Å²) < 4.78 is 7.27. The van der Waals surface area contributed by atoms with Crippen LogP contribution >= 0.6 is 0 Å². The molecule has 0 saturated carbocycles. The SMILES string of the molecule is COc1ccc(CN2CCC(c3ccnc4c(C(=O)N(C)CC(C)C)ncn34)CC2)cc1. The zero-order valence-corrected chi connectivity index (χ0v) is 19.5. The lowest BCUT2D eigenvalue weighted by Gasteiger charge is -2.32. The Morgan fingerprint density at radius 1 is 1.16 bits per heavy atom. The highest BCUT2D eigenvalue weighted by Crippen LogP contribution is 2.29. The van der Waals surface area contributed by atoms with Crippen LogP contribution in [0.4, 0.5) is 0 Å². The lowest BCUT2D eigenvalue weighted by atomic mass is 9.93. The van der Waals surface area contributed by atoms with Gasteiger partial charge < -0.3 is 9.64 Å². The molecule has 0 bridgehead atoms. The van der Waals surface area contributed by atoms with Crippen molar-refractivity contribution < 1.29 is 9.53 Å². The highest BCUT2D eigenvalue weighted by Gasteiger charge is 2.25. The number of rotatable bonds is 7. The van der Waals surface area contributed by atoms with E-state index in [2.05, 4.69) is 46.9 Å². The number of benzene rings is 1. The lowest BCUT2D eigenvalue weighted by molar-refractivity contribution is 0.0775. The lowest BCUT2D eigenvalue weighted by Crippen LogP contribution is -2.33. The molecule has 1 amide bonds. The third-order valence-corrected chi connectivity index (χ3v) is 6.22. The van der Waals surface area contributed by atoms with E-state index in [1.807, 2.05) is 29.8 Å². The summed E-state index contributed by atoms with van der Waals surface area (Å²) in [6.07, 6.45) is 5.72. The number of carbonyl (C=O) groups is 1. The average molecular weight is 436 g/mol. The Balaban J connectivity index is 1.44. The Morgan fingerprint density at radius 3 is 2.53 bits per heavy atom. The Hall–Kier alpha value is -2.93. The van der Waals surface area contributed by atoms with E-state index in [1.165, 1.54) is 11.3 Å². The van der Waals surface area contributed by atoms with Crippen molar-refractivity contribution in [3.63, 3.8) is 0 Å². The van der Waals surface area contributed by atoms with Gasteiger partial charge >= 0.3 is 0 Å². The van der Waals surface area contributed by atoms with Crippen molar-refractivity contribution in [1.29, 1.82) is 0 Å². The smallest absolute Gasteiger partial charge is 0.276 e. The van der Waals surface area contributed by atoms with Gasteiger partial charge in [0.15, 0.2) is 11.3 Å². The number of fused-ring (bicyclic) bond motifs is 1. The molecule has 1 saturated heterocycles. The summed E-state index contributed by atoms with van der Waals surface area (Å²) in [4.78, 5) is 26.1. The molecule has 3 aromatic rings. The summed E-state index contributed by atoms with van der Waals surface area (Å²) in [5.41, 5.74) is 3.59. The zero-order chi connectivity index (χ0) is 22.7. The molecular formula is C25H33N5O2. The number of amides is 1. The number of nitrogens with zero attached hydrogens (tertiary/aromatic N) is 5. The van der Waals surface area contributed by atoms with Crippen molar-refractivity contribution in [3.05, 3.63) is 59.8 Å². The van der Waals surface area contributed by atoms with E-state index in [0.717, 1.165) is 38.2 Å². The normalized spacial score (nSPS) is 15.4. The number of ether oxygens (including phenoxy) is 1. The largest absolute Gasteiger partial charge is 0.497 e. The van der Waals surface area contributed by atoms with Gasteiger partial charge in [-0.3, -0.25) is 14.1 Å². The predicted molar refractivity (Wildman–Crippen MR) is 125 cm³/mol. The third kappa shape index (κ3) is 4.78. The van der Waals surface area contributed by atoms with Crippen molar-refractivity contribution in [3.8, 4) is 5.75 Å². The van der Waals surface area contributed by atoms with Crippen LogP contribution < -0.4 is 4.74 Å². The van der Waals surface area contributed by atoms with Gasteiger partial charge in [-0.15, -0.1) is 0 Å². The number of likely N-dealkylation sites (tertiary alicyclic amines) is 1. The topological polar surface area (TPSA) is 63.0 Å². The Labute approximate surface area is 190 Å². The molecule has 4 rings (SSSR count). The van der Waals surface area contributed by atoms with Crippen LogP contribution in [-0.2, 0) is 6.54 Å². The van der Waals surface area contributed by atoms with Gasteiger partial charge in [0.25, 0.3) is 5.91 Å². The molecule has 0 atom stereocenters. The molecule has 32 heavy (non-hydrogen) atoms. The summed E-state index contributed by atoms with van der Waals surface area (Å²) >= 11 is 0. The van der Waals surface area contributed by atoms with E-state index in [4.69, 9.17) is 4.74 Å². The molecule has 2 aromatic heterocycles. The Morgan fingerprint density at radius 2 is 1.88 bits per heavy atom. The molecule has 1 aliphatic heterocycles. The molecule has 170 valence electrons. The molecule has 0 radical (unpaired) electrons. The maximum atomic E-state index is 12.9.